The fraction of sp³-hybridized carbons (Fsp3) is 0.500. The number of halogens is 1. The van der Waals surface area contributed by atoms with Crippen LogP contribution in [0.5, 0.6) is 5.75 Å². The molecular weight excluding hydrogens is 340 g/mol. The largest absolute Gasteiger partial charge is 0.508 e. The Bertz CT molecular complexity index is 587. The van der Waals surface area contributed by atoms with E-state index < -0.39 is 0 Å². The molecule has 3 nitrogen and oxygen atoms in total. The van der Waals surface area contributed by atoms with Gasteiger partial charge < -0.3 is 10.4 Å². The Hall–Kier alpha value is -1.29. The van der Waals surface area contributed by atoms with Gasteiger partial charge in [-0.1, -0.05) is 39.0 Å². The normalized spacial score (nSPS) is 10.5. The van der Waals surface area contributed by atoms with E-state index in [1.54, 1.807) is 12.1 Å². The summed E-state index contributed by atoms with van der Waals surface area (Å²) in [6.07, 6.45) is 7.78. The highest BCUT2D eigenvalue weighted by Crippen LogP contribution is 2.26. The summed E-state index contributed by atoms with van der Waals surface area (Å²) in [5, 5.41) is 14.1. The first kappa shape index (κ1) is 18.8. The van der Waals surface area contributed by atoms with Gasteiger partial charge in [-0.3, -0.25) is 4.98 Å². The molecule has 0 bridgehead atoms. The summed E-state index contributed by atoms with van der Waals surface area (Å²) in [4.78, 5) is 4.50. The number of aromatic nitrogens is 1. The predicted octanol–water partition coefficient (Wildman–Crippen LogP) is 5.60. The molecule has 0 unspecified atom stereocenters. The molecule has 2 aromatic rings. The third kappa shape index (κ3) is 5.48. The summed E-state index contributed by atoms with van der Waals surface area (Å²) in [6.45, 7) is 5.22. The van der Waals surface area contributed by atoms with Gasteiger partial charge in [0.25, 0.3) is 0 Å². The Morgan fingerprint density at radius 2 is 1.77 bits per heavy atom. The van der Waals surface area contributed by atoms with Crippen molar-refractivity contribution < 1.29 is 5.11 Å². The zero-order valence-electron chi connectivity index (χ0n) is 13.6. The molecule has 0 aliphatic heterocycles. The molecule has 0 fully saturated rings. The second kappa shape index (κ2) is 9.67. The minimum atomic E-state index is 0. The lowest BCUT2D eigenvalue weighted by Crippen LogP contribution is -2.03. The molecule has 1 heterocycles. The molecule has 0 radical (unpaired) electrons. The van der Waals surface area contributed by atoms with E-state index in [-0.39, 0.29) is 22.7 Å². The van der Waals surface area contributed by atoms with Crippen molar-refractivity contribution in [2.45, 2.75) is 52.4 Å². The van der Waals surface area contributed by atoms with E-state index in [1.165, 1.54) is 38.5 Å². The molecule has 0 saturated carbocycles. The number of anilines is 1. The fourth-order valence-corrected chi connectivity index (χ4v) is 2.62. The molecule has 122 valence electrons. The molecule has 0 spiro atoms. The van der Waals surface area contributed by atoms with Crippen LogP contribution in [0.15, 0.2) is 24.3 Å². The molecule has 0 amide bonds. The van der Waals surface area contributed by atoms with Gasteiger partial charge in [-0.15, -0.1) is 17.0 Å². The van der Waals surface area contributed by atoms with Crippen LogP contribution in [-0.4, -0.2) is 16.6 Å². The topological polar surface area (TPSA) is 45.2 Å². The van der Waals surface area contributed by atoms with Crippen LogP contribution in [0, 0.1) is 6.92 Å². The van der Waals surface area contributed by atoms with Gasteiger partial charge in [0.15, 0.2) is 0 Å². The summed E-state index contributed by atoms with van der Waals surface area (Å²) in [7, 11) is 0. The van der Waals surface area contributed by atoms with Gasteiger partial charge in [-0.2, -0.15) is 0 Å². The zero-order valence-corrected chi connectivity index (χ0v) is 15.3. The lowest BCUT2D eigenvalue weighted by molar-refractivity contribution is 0.476. The predicted molar refractivity (Wildman–Crippen MR) is 100 cm³/mol. The minimum Gasteiger partial charge on any atom is -0.508 e. The molecule has 4 heteroatoms. The number of fused-ring (bicyclic) bond motifs is 1. The van der Waals surface area contributed by atoms with Crippen LogP contribution in [0.25, 0.3) is 10.9 Å². The van der Waals surface area contributed by atoms with Crippen molar-refractivity contribution in [3.05, 3.63) is 30.0 Å². The minimum absolute atomic E-state index is 0. The van der Waals surface area contributed by atoms with Crippen LogP contribution in [0.2, 0.25) is 0 Å². The standard InChI is InChI=1S/C18H26N2O.BrH/c1-3-4-5-6-7-8-11-19-18-12-14(2)20-17-10-9-15(21)13-16(17)18;/h9-10,12-13,21H,3-8,11H2,1-2H3,(H,19,20);1H. The van der Waals surface area contributed by atoms with Crippen molar-refractivity contribution in [1.29, 1.82) is 0 Å². The SMILES string of the molecule is Br.CCCCCCCCNc1cc(C)nc2ccc(O)cc12. The van der Waals surface area contributed by atoms with E-state index in [4.69, 9.17) is 0 Å². The van der Waals surface area contributed by atoms with Gasteiger partial charge in [0, 0.05) is 23.3 Å². The number of nitrogens with one attached hydrogen (secondary N) is 1. The lowest BCUT2D eigenvalue weighted by atomic mass is 10.1. The summed E-state index contributed by atoms with van der Waals surface area (Å²) < 4.78 is 0. The first-order chi connectivity index (χ1) is 10.2. The van der Waals surface area contributed by atoms with Crippen molar-refractivity contribution in [3.63, 3.8) is 0 Å². The zero-order chi connectivity index (χ0) is 15.1. The average Bonchev–Trinajstić information content (AvgIpc) is 2.47. The molecule has 0 aliphatic carbocycles. The summed E-state index contributed by atoms with van der Waals surface area (Å²) in [5.41, 5.74) is 3.00. The number of rotatable bonds is 8. The number of hydrogen-bond donors (Lipinski definition) is 2. The maximum Gasteiger partial charge on any atom is 0.116 e. The molecule has 0 aliphatic rings. The molecular formula is C18H27BrN2O. The maximum absolute atomic E-state index is 9.66. The second-order valence-corrected chi connectivity index (χ2v) is 5.71. The first-order valence-electron chi connectivity index (χ1n) is 8.05. The maximum atomic E-state index is 9.66. The number of nitrogens with zero attached hydrogens (tertiary/aromatic N) is 1. The van der Waals surface area contributed by atoms with E-state index in [0.717, 1.165) is 28.8 Å². The van der Waals surface area contributed by atoms with Crippen LogP contribution in [0.1, 0.15) is 51.1 Å². The third-order valence-electron chi connectivity index (χ3n) is 3.77. The highest BCUT2D eigenvalue weighted by Gasteiger charge is 2.04. The van der Waals surface area contributed by atoms with Gasteiger partial charge >= 0.3 is 0 Å². The van der Waals surface area contributed by atoms with E-state index in [9.17, 15) is 5.11 Å². The van der Waals surface area contributed by atoms with Gasteiger partial charge in [0.05, 0.1) is 5.52 Å². The number of aromatic hydroxyl groups is 1. The van der Waals surface area contributed by atoms with Crippen molar-refractivity contribution >= 4 is 33.6 Å². The number of phenols is 1. The Labute approximate surface area is 143 Å². The number of unbranched alkanes of at least 4 members (excludes halogenated alkanes) is 5. The van der Waals surface area contributed by atoms with Crippen LogP contribution in [-0.2, 0) is 0 Å². The monoisotopic (exact) mass is 366 g/mol. The van der Waals surface area contributed by atoms with Crippen LogP contribution in [0.4, 0.5) is 5.69 Å². The van der Waals surface area contributed by atoms with Gasteiger partial charge in [0.1, 0.15) is 5.75 Å². The van der Waals surface area contributed by atoms with E-state index >= 15 is 0 Å². The molecule has 22 heavy (non-hydrogen) atoms. The van der Waals surface area contributed by atoms with Gasteiger partial charge in [0.2, 0.25) is 0 Å². The summed E-state index contributed by atoms with van der Waals surface area (Å²) >= 11 is 0. The Balaban J connectivity index is 0.00000242. The van der Waals surface area contributed by atoms with Crippen LogP contribution < -0.4 is 5.32 Å². The summed E-state index contributed by atoms with van der Waals surface area (Å²) in [5.74, 6) is 0.288. The highest BCUT2D eigenvalue weighted by molar-refractivity contribution is 8.93. The second-order valence-electron chi connectivity index (χ2n) is 5.71. The van der Waals surface area contributed by atoms with Crippen LogP contribution in [0.3, 0.4) is 0 Å². The van der Waals surface area contributed by atoms with Crippen molar-refractivity contribution in [2.75, 3.05) is 11.9 Å². The van der Waals surface area contributed by atoms with Crippen LogP contribution >= 0.6 is 17.0 Å². The smallest absolute Gasteiger partial charge is 0.116 e. The summed E-state index contributed by atoms with van der Waals surface area (Å²) in [6, 6.07) is 7.39. The van der Waals surface area contributed by atoms with Gasteiger partial charge in [-0.25, -0.2) is 0 Å². The average molecular weight is 367 g/mol. The number of benzene rings is 1. The van der Waals surface area contributed by atoms with E-state index in [0.29, 0.717) is 0 Å². The number of pyridine rings is 1. The fourth-order valence-electron chi connectivity index (χ4n) is 2.62. The van der Waals surface area contributed by atoms with Crippen molar-refractivity contribution in [1.82, 2.24) is 4.98 Å². The molecule has 1 aromatic heterocycles. The Kier molecular flexibility index (Phi) is 8.25. The van der Waals surface area contributed by atoms with Gasteiger partial charge in [-0.05, 0) is 37.6 Å². The number of aryl methyl sites for hydroxylation is 1. The molecule has 0 saturated heterocycles. The highest BCUT2D eigenvalue weighted by atomic mass is 79.9. The molecule has 1 aromatic carbocycles. The lowest BCUT2D eigenvalue weighted by Gasteiger charge is -2.11. The number of hydrogen-bond acceptors (Lipinski definition) is 3. The molecule has 0 atom stereocenters. The Morgan fingerprint density at radius 1 is 1.05 bits per heavy atom. The molecule has 2 N–H and O–H groups in total. The Morgan fingerprint density at radius 3 is 2.55 bits per heavy atom. The van der Waals surface area contributed by atoms with Crippen molar-refractivity contribution in [3.8, 4) is 5.75 Å². The third-order valence-corrected chi connectivity index (χ3v) is 3.77. The van der Waals surface area contributed by atoms with E-state index in [2.05, 4.69) is 23.3 Å². The first-order valence-corrected chi connectivity index (χ1v) is 8.05. The quantitative estimate of drug-likeness (QED) is 0.597. The van der Waals surface area contributed by atoms with E-state index in [1.807, 2.05) is 13.0 Å². The molecule has 2 rings (SSSR count). The number of phenolic OH excluding ortho intramolecular Hbond substituents is 1. The van der Waals surface area contributed by atoms with Crippen molar-refractivity contribution in [2.24, 2.45) is 0 Å².